The number of nitrogen functional groups attached to an aromatic ring is 1. The number of para-hydroxylation sites is 1. The van der Waals surface area contributed by atoms with E-state index in [1.54, 1.807) is 12.1 Å². The molecule has 1 atom stereocenters. The van der Waals surface area contributed by atoms with Crippen LogP contribution in [0.15, 0.2) is 64.2 Å². The average molecular weight is 478 g/mol. The van der Waals surface area contributed by atoms with Crippen molar-refractivity contribution in [3.05, 3.63) is 92.1 Å². The number of esters is 1. The van der Waals surface area contributed by atoms with Gasteiger partial charge in [-0.1, -0.05) is 37.3 Å². The Bertz CT molecular complexity index is 1280. The third-order valence-corrected chi connectivity index (χ3v) is 6.45. The molecular formula is C26H31N5O4. The van der Waals surface area contributed by atoms with Crippen LogP contribution in [-0.4, -0.2) is 53.7 Å². The van der Waals surface area contributed by atoms with Crippen molar-refractivity contribution < 1.29 is 9.53 Å². The minimum atomic E-state index is -0.508. The summed E-state index contributed by atoms with van der Waals surface area (Å²) in [7, 11) is 1.34. The molecule has 0 unspecified atom stereocenters. The van der Waals surface area contributed by atoms with E-state index in [2.05, 4.69) is 26.9 Å². The third kappa shape index (κ3) is 5.00. The molecule has 0 saturated carbocycles. The van der Waals surface area contributed by atoms with Gasteiger partial charge in [-0.3, -0.25) is 19.2 Å². The van der Waals surface area contributed by atoms with Crippen LogP contribution in [0.3, 0.4) is 0 Å². The van der Waals surface area contributed by atoms with Crippen LogP contribution >= 0.6 is 0 Å². The lowest BCUT2D eigenvalue weighted by atomic mass is 9.96. The van der Waals surface area contributed by atoms with E-state index in [1.807, 2.05) is 37.3 Å². The van der Waals surface area contributed by atoms with Crippen LogP contribution in [0.5, 0.6) is 0 Å². The minimum absolute atomic E-state index is 0.174. The molecule has 35 heavy (non-hydrogen) atoms. The first kappa shape index (κ1) is 24.3. The largest absolute Gasteiger partial charge is 0.465 e. The van der Waals surface area contributed by atoms with Gasteiger partial charge >= 0.3 is 11.7 Å². The van der Waals surface area contributed by atoms with Crippen molar-refractivity contribution in [1.29, 1.82) is 0 Å². The summed E-state index contributed by atoms with van der Waals surface area (Å²) in [6.45, 7) is 5.27. The van der Waals surface area contributed by atoms with Gasteiger partial charge in [0, 0.05) is 38.4 Å². The number of aromatic amines is 1. The van der Waals surface area contributed by atoms with Crippen LogP contribution in [0.1, 0.15) is 40.9 Å². The van der Waals surface area contributed by atoms with Gasteiger partial charge in [0.2, 0.25) is 0 Å². The summed E-state index contributed by atoms with van der Waals surface area (Å²) in [4.78, 5) is 44.5. The van der Waals surface area contributed by atoms with Gasteiger partial charge in [0.25, 0.3) is 5.56 Å². The average Bonchev–Trinajstić information content (AvgIpc) is 2.89. The van der Waals surface area contributed by atoms with Gasteiger partial charge in [0.05, 0.1) is 24.3 Å². The Balaban J connectivity index is 1.74. The topological polar surface area (TPSA) is 114 Å². The van der Waals surface area contributed by atoms with Gasteiger partial charge < -0.3 is 15.4 Å². The number of nitrogens with one attached hydrogen (secondary N) is 1. The Morgan fingerprint density at radius 3 is 2.29 bits per heavy atom. The SMILES string of the molecule is CCCn1c(N)c([C@@H](c2ccc(C(=O)OC)cc2)N2CCN(c3ccccc3)CC2)c(=O)[nH]c1=O. The number of rotatable bonds is 7. The number of carbonyl (C=O) groups is 1. The van der Waals surface area contributed by atoms with Crippen LogP contribution in [0.4, 0.5) is 11.5 Å². The molecule has 1 saturated heterocycles. The maximum absolute atomic E-state index is 13.1. The lowest BCUT2D eigenvalue weighted by molar-refractivity contribution is 0.0600. The quantitative estimate of drug-likeness (QED) is 0.502. The van der Waals surface area contributed by atoms with E-state index in [4.69, 9.17) is 10.5 Å². The van der Waals surface area contributed by atoms with Gasteiger partial charge in [-0.15, -0.1) is 0 Å². The fourth-order valence-electron chi connectivity index (χ4n) is 4.67. The van der Waals surface area contributed by atoms with E-state index in [1.165, 1.54) is 11.7 Å². The highest BCUT2D eigenvalue weighted by atomic mass is 16.5. The standard InChI is InChI=1S/C26H31N5O4/c1-3-13-31-23(27)21(24(32)28-26(31)34)22(18-9-11-19(12-10-18)25(33)35-2)30-16-14-29(15-17-30)20-7-5-4-6-8-20/h4-12,22H,3,13-17,27H2,1-2H3,(H,28,32,34)/t22-/m1/s1. The van der Waals surface area contributed by atoms with Crippen molar-refractivity contribution in [2.24, 2.45) is 0 Å². The molecule has 2 aromatic carbocycles. The first-order chi connectivity index (χ1) is 16.9. The molecule has 9 nitrogen and oxygen atoms in total. The molecule has 0 spiro atoms. The lowest BCUT2D eigenvalue weighted by Crippen LogP contribution is -2.49. The number of nitrogens with zero attached hydrogens (tertiary/aromatic N) is 3. The predicted molar refractivity (Wildman–Crippen MR) is 136 cm³/mol. The number of methoxy groups -OCH3 is 1. The first-order valence-corrected chi connectivity index (χ1v) is 11.8. The molecular weight excluding hydrogens is 446 g/mol. The second-order valence-electron chi connectivity index (χ2n) is 8.58. The number of piperazine rings is 1. The summed E-state index contributed by atoms with van der Waals surface area (Å²) >= 11 is 0. The molecule has 184 valence electrons. The summed E-state index contributed by atoms with van der Waals surface area (Å²) in [5.74, 6) is -0.258. The van der Waals surface area contributed by atoms with E-state index in [-0.39, 0.29) is 5.82 Å². The zero-order valence-electron chi connectivity index (χ0n) is 20.1. The number of H-pyrrole nitrogens is 1. The molecule has 0 aliphatic carbocycles. The van der Waals surface area contributed by atoms with Crippen LogP contribution in [0, 0.1) is 0 Å². The molecule has 1 fully saturated rings. The Morgan fingerprint density at radius 1 is 1.03 bits per heavy atom. The van der Waals surface area contributed by atoms with Gasteiger partial charge in [-0.05, 0) is 36.2 Å². The Hall–Kier alpha value is -3.85. The van der Waals surface area contributed by atoms with Crippen molar-refractivity contribution >= 4 is 17.5 Å². The van der Waals surface area contributed by atoms with Crippen molar-refractivity contribution in [3.63, 3.8) is 0 Å². The minimum Gasteiger partial charge on any atom is -0.465 e. The fourth-order valence-corrected chi connectivity index (χ4v) is 4.67. The van der Waals surface area contributed by atoms with E-state index in [0.717, 1.165) is 24.3 Å². The number of ether oxygens (including phenoxy) is 1. The predicted octanol–water partition coefficient (Wildman–Crippen LogP) is 2.23. The van der Waals surface area contributed by atoms with Gasteiger partial charge in [0.15, 0.2) is 0 Å². The highest BCUT2D eigenvalue weighted by Gasteiger charge is 2.31. The number of carbonyl (C=O) groups excluding carboxylic acids is 1. The van der Waals surface area contributed by atoms with Crippen molar-refractivity contribution in [2.75, 3.05) is 43.9 Å². The number of anilines is 2. The molecule has 0 radical (unpaired) electrons. The number of nitrogens with two attached hydrogens (primary N) is 1. The number of hydrogen-bond donors (Lipinski definition) is 2. The summed E-state index contributed by atoms with van der Waals surface area (Å²) in [5.41, 5.74) is 8.19. The summed E-state index contributed by atoms with van der Waals surface area (Å²) in [6.07, 6.45) is 0.698. The normalized spacial score (nSPS) is 15.1. The van der Waals surface area contributed by atoms with Crippen LogP contribution in [0.25, 0.3) is 0 Å². The first-order valence-electron chi connectivity index (χ1n) is 11.8. The van der Waals surface area contributed by atoms with Crippen LogP contribution < -0.4 is 21.9 Å². The maximum atomic E-state index is 13.1. The van der Waals surface area contributed by atoms with Crippen molar-refractivity contribution in [1.82, 2.24) is 14.5 Å². The summed E-state index contributed by atoms with van der Waals surface area (Å²) < 4.78 is 6.24. The number of benzene rings is 2. The molecule has 1 aromatic heterocycles. The third-order valence-electron chi connectivity index (χ3n) is 6.45. The Morgan fingerprint density at radius 2 is 1.69 bits per heavy atom. The van der Waals surface area contributed by atoms with Crippen LogP contribution in [-0.2, 0) is 11.3 Å². The molecule has 2 heterocycles. The highest BCUT2D eigenvalue weighted by Crippen LogP contribution is 2.31. The van der Waals surface area contributed by atoms with Gasteiger partial charge in [-0.2, -0.15) is 0 Å². The Kier molecular flexibility index (Phi) is 7.36. The fraction of sp³-hybridized carbons (Fsp3) is 0.346. The van der Waals surface area contributed by atoms with E-state index in [0.29, 0.717) is 37.2 Å². The second kappa shape index (κ2) is 10.6. The molecule has 3 aromatic rings. The molecule has 1 aliphatic heterocycles. The smallest absolute Gasteiger partial charge is 0.337 e. The highest BCUT2D eigenvalue weighted by molar-refractivity contribution is 5.89. The number of hydrogen-bond acceptors (Lipinski definition) is 7. The molecule has 9 heteroatoms. The summed E-state index contributed by atoms with van der Waals surface area (Å²) in [5, 5.41) is 0. The number of aromatic nitrogens is 2. The Labute approximate surface area is 203 Å². The summed E-state index contributed by atoms with van der Waals surface area (Å²) in [6, 6.07) is 16.7. The zero-order chi connectivity index (χ0) is 24.9. The van der Waals surface area contributed by atoms with Gasteiger partial charge in [-0.25, -0.2) is 9.59 Å². The van der Waals surface area contributed by atoms with Crippen LogP contribution in [0.2, 0.25) is 0 Å². The molecule has 1 aliphatic rings. The second-order valence-corrected chi connectivity index (χ2v) is 8.58. The molecule has 3 N–H and O–H groups in total. The van der Waals surface area contributed by atoms with E-state index >= 15 is 0 Å². The van der Waals surface area contributed by atoms with Gasteiger partial charge in [0.1, 0.15) is 5.82 Å². The van der Waals surface area contributed by atoms with Crippen molar-refractivity contribution in [2.45, 2.75) is 25.9 Å². The molecule has 0 bridgehead atoms. The van der Waals surface area contributed by atoms with E-state index in [9.17, 15) is 14.4 Å². The lowest BCUT2D eigenvalue weighted by Gasteiger charge is -2.40. The monoisotopic (exact) mass is 477 g/mol. The molecule has 4 rings (SSSR count). The van der Waals surface area contributed by atoms with E-state index < -0.39 is 23.3 Å². The molecule has 0 amide bonds. The maximum Gasteiger partial charge on any atom is 0.337 e. The zero-order valence-corrected chi connectivity index (χ0v) is 20.1. The van der Waals surface area contributed by atoms with Crippen molar-refractivity contribution in [3.8, 4) is 0 Å².